The van der Waals surface area contributed by atoms with Crippen LogP contribution in [-0.2, 0) is 32.7 Å². The van der Waals surface area contributed by atoms with Crippen molar-refractivity contribution in [2.75, 3.05) is 47.5 Å². The SMILES string of the molecule is CCCCCC=CCC=CCC=CCC=CCC=CCC=CCC(=O)OC[C@H](COP(=O)(O)OCC[N+](C)(C)C)OC(=O)CC=CCC=CCC=CCC=CCC=CCCCCCCCC. The summed E-state index contributed by atoms with van der Waals surface area (Å²) in [6.07, 6.45) is 67.1. The Morgan fingerprint density at radius 1 is 0.470 bits per heavy atom. The van der Waals surface area contributed by atoms with E-state index < -0.39 is 32.5 Å². The van der Waals surface area contributed by atoms with Gasteiger partial charge in [0.25, 0.3) is 0 Å². The van der Waals surface area contributed by atoms with E-state index in [1.165, 1.54) is 70.6 Å². The molecule has 0 radical (unpaired) electrons. The van der Waals surface area contributed by atoms with Gasteiger partial charge >= 0.3 is 19.8 Å². The van der Waals surface area contributed by atoms with Crippen molar-refractivity contribution >= 4 is 19.8 Å². The Hall–Kier alpha value is -3.85. The number of nitrogens with zero attached hydrogens (tertiary/aromatic N) is 1. The topological polar surface area (TPSA) is 108 Å². The van der Waals surface area contributed by atoms with Crippen molar-refractivity contribution in [2.24, 2.45) is 0 Å². The molecule has 0 aliphatic carbocycles. The molecule has 0 bridgehead atoms. The van der Waals surface area contributed by atoms with Crippen molar-refractivity contribution < 1.29 is 42.1 Å². The second-order valence-corrected chi connectivity index (χ2v) is 18.6. The number of rotatable bonds is 43. The number of hydrogen-bond acceptors (Lipinski definition) is 7. The zero-order chi connectivity index (χ0) is 48.5. The lowest BCUT2D eigenvalue weighted by molar-refractivity contribution is -0.870. The fraction of sp³-hybridized carbons (Fsp3) is 0.571. The molecule has 9 nitrogen and oxygen atoms in total. The lowest BCUT2D eigenvalue weighted by Crippen LogP contribution is -2.37. The molecule has 0 rings (SSSR count). The number of carbonyl (C=O) groups is 2. The Labute approximate surface area is 402 Å². The van der Waals surface area contributed by atoms with Crippen molar-refractivity contribution in [1.29, 1.82) is 0 Å². The molecule has 2 atom stereocenters. The van der Waals surface area contributed by atoms with Crippen LogP contribution < -0.4 is 0 Å². The Bertz CT molecular complexity index is 1570. The van der Waals surface area contributed by atoms with Gasteiger partial charge in [-0.15, -0.1) is 0 Å². The van der Waals surface area contributed by atoms with E-state index in [1.54, 1.807) is 12.2 Å². The average Bonchev–Trinajstić information content (AvgIpc) is 3.27. The summed E-state index contributed by atoms with van der Waals surface area (Å²) in [5, 5.41) is 0. The van der Waals surface area contributed by atoms with E-state index in [0.29, 0.717) is 23.9 Å². The molecule has 0 aliphatic heterocycles. The zero-order valence-corrected chi connectivity index (χ0v) is 42.8. The molecule has 10 heteroatoms. The number of esters is 2. The van der Waals surface area contributed by atoms with Gasteiger partial charge < -0.3 is 18.9 Å². The summed E-state index contributed by atoms with van der Waals surface area (Å²) in [6.45, 7) is 4.14. The number of ether oxygens (including phenoxy) is 2. The first-order valence-electron chi connectivity index (χ1n) is 24.9. The smallest absolute Gasteiger partial charge is 0.461 e. The first-order valence-corrected chi connectivity index (χ1v) is 26.4. The maximum absolute atomic E-state index is 12.7. The van der Waals surface area contributed by atoms with Gasteiger partial charge in [0, 0.05) is 0 Å². The van der Waals surface area contributed by atoms with Gasteiger partial charge in [-0.3, -0.25) is 18.6 Å². The lowest BCUT2D eigenvalue weighted by Gasteiger charge is -2.24. The highest BCUT2D eigenvalue weighted by molar-refractivity contribution is 7.47. The van der Waals surface area contributed by atoms with Crippen LogP contribution in [0.2, 0.25) is 0 Å². The monoisotopic (exact) mass is 937 g/mol. The van der Waals surface area contributed by atoms with Crippen LogP contribution in [0.1, 0.15) is 155 Å². The minimum atomic E-state index is -4.44. The van der Waals surface area contributed by atoms with Crippen LogP contribution in [-0.4, -0.2) is 74.9 Å². The fourth-order valence-corrected chi connectivity index (χ4v) is 6.57. The largest absolute Gasteiger partial charge is 0.472 e. The van der Waals surface area contributed by atoms with Gasteiger partial charge in [-0.1, -0.05) is 192 Å². The Kier molecular flexibility index (Phi) is 43.6. The first-order chi connectivity index (χ1) is 32.0. The molecule has 0 amide bonds. The number of unbranched alkanes of at least 4 members (excludes halogenated alkanes) is 9. The van der Waals surface area contributed by atoms with E-state index in [4.69, 9.17) is 18.5 Å². The summed E-state index contributed by atoms with van der Waals surface area (Å²) >= 11 is 0. The number of hydrogen-bond donors (Lipinski definition) is 1. The summed E-state index contributed by atoms with van der Waals surface area (Å²) < 4.78 is 34.1. The van der Waals surface area contributed by atoms with E-state index >= 15 is 0 Å². The third-order valence-corrected chi connectivity index (χ3v) is 10.7. The van der Waals surface area contributed by atoms with Crippen LogP contribution in [0.15, 0.2) is 134 Å². The number of phosphoric acid groups is 1. The number of quaternary nitrogens is 1. The van der Waals surface area contributed by atoms with Crippen LogP contribution in [0, 0.1) is 0 Å². The summed E-state index contributed by atoms with van der Waals surface area (Å²) in [5.74, 6) is -1.11. The second-order valence-electron chi connectivity index (χ2n) is 17.2. The minimum Gasteiger partial charge on any atom is -0.461 e. The van der Waals surface area contributed by atoms with E-state index in [1.807, 2.05) is 45.4 Å². The van der Waals surface area contributed by atoms with Gasteiger partial charge in [0.1, 0.15) is 19.8 Å². The van der Waals surface area contributed by atoms with Crippen LogP contribution in [0.4, 0.5) is 0 Å². The Morgan fingerprint density at radius 2 is 0.818 bits per heavy atom. The lowest BCUT2D eigenvalue weighted by atomic mass is 10.1. The maximum atomic E-state index is 12.7. The van der Waals surface area contributed by atoms with Crippen molar-refractivity contribution in [1.82, 2.24) is 0 Å². The molecular weight excluding hydrogens is 846 g/mol. The normalized spacial score (nSPS) is 14.6. The highest BCUT2D eigenvalue weighted by Crippen LogP contribution is 2.43. The molecule has 0 heterocycles. The minimum absolute atomic E-state index is 0.00681. The maximum Gasteiger partial charge on any atom is 0.472 e. The molecular formula is C56H91NO8P+. The van der Waals surface area contributed by atoms with Gasteiger partial charge in [0.15, 0.2) is 6.10 Å². The zero-order valence-electron chi connectivity index (χ0n) is 41.9. The molecule has 0 fully saturated rings. The molecule has 0 aromatic rings. The summed E-state index contributed by atoms with van der Waals surface area (Å²) in [6, 6.07) is 0. The molecule has 372 valence electrons. The molecule has 1 N–H and O–H groups in total. The highest BCUT2D eigenvalue weighted by atomic mass is 31.2. The van der Waals surface area contributed by atoms with Crippen molar-refractivity contribution in [3.63, 3.8) is 0 Å². The average molecular weight is 937 g/mol. The molecule has 0 spiro atoms. The van der Waals surface area contributed by atoms with E-state index in [2.05, 4.69) is 111 Å². The summed E-state index contributed by atoms with van der Waals surface area (Å²) in [5.41, 5.74) is 0. The van der Waals surface area contributed by atoms with Crippen LogP contribution in [0.25, 0.3) is 0 Å². The molecule has 0 saturated carbocycles. The number of allylic oxidation sites excluding steroid dienone is 20. The van der Waals surface area contributed by atoms with Gasteiger partial charge in [-0.25, -0.2) is 4.57 Å². The van der Waals surface area contributed by atoms with Crippen LogP contribution in [0.5, 0.6) is 0 Å². The Morgan fingerprint density at radius 3 is 1.24 bits per heavy atom. The third kappa shape index (κ3) is 49.6. The van der Waals surface area contributed by atoms with Crippen LogP contribution >= 0.6 is 7.82 Å². The van der Waals surface area contributed by atoms with Gasteiger partial charge in [-0.2, -0.15) is 0 Å². The first kappa shape index (κ1) is 62.1. The van der Waals surface area contributed by atoms with Gasteiger partial charge in [-0.05, 0) is 83.5 Å². The van der Waals surface area contributed by atoms with E-state index in [-0.39, 0.29) is 26.1 Å². The molecule has 0 aromatic carbocycles. The fourth-order valence-electron chi connectivity index (χ4n) is 5.83. The summed E-state index contributed by atoms with van der Waals surface area (Å²) in [7, 11) is 1.35. The van der Waals surface area contributed by atoms with Gasteiger partial charge in [0.05, 0.1) is 40.6 Å². The van der Waals surface area contributed by atoms with Gasteiger partial charge in [0.2, 0.25) is 0 Å². The van der Waals surface area contributed by atoms with Crippen molar-refractivity contribution in [3.8, 4) is 0 Å². The standard InChI is InChI=1S/C56H90NO8P/c1-6-8-10-12-14-16-18-20-22-24-26-28-30-32-34-36-38-40-42-44-46-48-55(58)62-52-54(53-64-66(60,61)63-51-50-57(3,4)5)65-56(59)49-47-45-43-41-39-37-35-33-31-29-27-25-23-21-19-17-15-13-11-9-7-2/h14,16,20-23,26-29,32-35,38-41,44-47,54H,6-13,15,17-19,24-25,30-31,36-37,42-43,48-53H2,1-5H3/p+1/t54-/m1/s1. The summed E-state index contributed by atoms with van der Waals surface area (Å²) in [4.78, 5) is 35.4. The van der Waals surface area contributed by atoms with E-state index in [9.17, 15) is 19.0 Å². The van der Waals surface area contributed by atoms with Crippen LogP contribution in [0.3, 0.4) is 0 Å². The van der Waals surface area contributed by atoms with Crippen molar-refractivity contribution in [2.45, 2.75) is 161 Å². The highest BCUT2D eigenvalue weighted by Gasteiger charge is 2.26. The van der Waals surface area contributed by atoms with E-state index in [0.717, 1.165) is 44.9 Å². The molecule has 1 unspecified atom stereocenters. The molecule has 0 saturated heterocycles. The number of carbonyl (C=O) groups excluding carboxylic acids is 2. The molecule has 0 aliphatic rings. The predicted molar refractivity (Wildman–Crippen MR) is 279 cm³/mol. The molecule has 0 aromatic heterocycles. The molecule has 66 heavy (non-hydrogen) atoms. The number of phosphoric ester groups is 1. The quantitative estimate of drug-likeness (QED) is 0.0212. The van der Waals surface area contributed by atoms with Crippen molar-refractivity contribution in [3.05, 3.63) is 134 Å². The Balaban J connectivity index is 4.60. The predicted octanol–water partition coefficient (Wildman–Crippen LogP) is 15.0. The number of likely N-dealkylation sites (N-methyl/N-ethyl adjacent to an activating group) is 1. The second kappa shape index (κ2) is 46.3. The third-order valence-electron chi connectivity index (χ3n) is 9.72.